The summed E-state index contributed by atoms with van der Waals surface area (Å²) in [4.78, 5) is 15.2. The van der Waals surface area contributed by atoms with Crippen molar-refractivity contribution in [3.63, 3.8) is 0 Å². The third kappa shape index (κ3) is 4.16. The largest absolute Gasteiger partial charge is 0.573 e. The first-order valence-corrected chi connectivity index (χ1v) is 5.92. The maximum absolute atomic E-state index is 12.3. The van der Waals surface area contributed by atoms with Crippen molar-refractivity contribution >= 4 is 17.6 Å². The van der Waals surface area contributed by atoms with Crippen LogP contribution < -0.4 is 9.47 Å². The van der Waals surface area contributed by atoms with Crippen molar-refractivity contribution in [2.45, 2.75) is 19.2 Å². The SMILES string of the molecule is CCOC(=O)c1cc(CCl)c(OC(F)(F)F)c(OC)n1. The van der Waals surface area contributed by atoms with Crippen LogP contribution in [0.2, 0.25) is 0 Å². The van der Waals surface area contributed by atoms with Gasteiger partial charge in [0.15, 0.2) is 11.4 Å². The zero-order valence-corrected chi connectivity index (χ0v) is 11.3. The van der Waals surface area contributed by atoms with Crippen LogP contribution in [0, 0.1) is 0 Å². The number of ether oxygens (including phenoxy) is 3. The normalized spacial score (nSPS) is 11.1. The summed E-state index contributed by atoms with van der Waals surface area (Å²) in [5.41, 5.74) is -0.298. The molecule has 0 bridgehead atoms. The lowest BCUT2D eigenvalue weighted by Crippen LogP contribution is -2.20. The molecule has 112 valence electrons. The molecule has 0 aliphatic carbocycles. The van der Waals surface area contributed by atoms with Gasteiger partial charge in [-0.3, -0.25) is 0 Å². The van der Waals surface area contributed by atoms with E-state index in [1.807, 2.05) is 0 Å². The molecular weight excluding hydrogens is 303 g/mol. The minimum atomic E-state index is -4.93. The van der Waals surface area contributed by atoms with Gasteiger partial charge < -0.3 is 14.2 Å². The van der Waals surface area contributed by atoms with Crippen LogP contribution in [0.1, 0.15) is 23.0 Å². The first-order valence-electron chi connectivity index (χ1n) is 5.39. The highest BCUT2D eigenvalue weighted by Gasteiger charge is 2.34. The highest BCUT2D eigenvalue weighted by molar-refractivity contribution is 6.17. The van der Waals surface area contributed by atoms with Crippen molar-refractivity contribution in [2.75, 3.05) is 13.7 Å². The van der Waals surface area contributed by atoms with Gasteiger partial charge in [-0.2, -0.15) is 0 Å². The molecule has 0 atom stereocenters. The van der Waals surface area contributed by atoms with Crippen LogP contribution in [0.5, 0.6) is 11.6 Å². The van der Waals surface area contributed by atoms with Crippen molar-refractivity contribution < 1.29 is 32.2 Å². The van der Waals surface area contributed by atoms with Gasteiger partial charge in [-0.05, 0) is 13.0 Å². The molecule has 1 heterocycles. The van der Waals surface area contributed by atoms with Gasteiger partial charge in [0.1, 0.15) is 0 Å². The summed E-state index contributed by atoms with van der Waals surface area (Å²) in [5.74, 6) is -2.29. The summed E-state index contributed by atoms with van der Waals surface area (Å²) in [6.45, 7) is 1.68. The fourth-order valence-corrected chi connectivity index (χ4v) is 1.53. The average molecular weight is 314 g/mol. The molecule has 0 spiro atoms. The third-order valence-corrected chi connectivity index (χ3v) is 2.35. The van der Waals surface area contributed by atoms with E-state index in [-0.39, 0.29) is 23.7 Å². The Balaban J connectivity index is 3.28. The summed E-state index contributed by atoms with van der Waals surface area (Å²) < 4.78 is 50.2. The lowest BCUT2D eigenvalue weighted by Gasteiger charge is -2.15. The first kappa shape index (κ1) is 16.4. The highest BCUT2D eigenvalue weighted by Crippen LogP contribution is 2.35. The molecule has 0 unspecified atom stereocenters. The van der Waals surface area contributed by atoms with E-state index in [9.17, 15) is 18.0 Å². The van der Waals surface area contributed by atoms with Crippen LogP contribution in [0.15, 0.2) is 6.07 Å². The van der Waals surface area contributed by atoms with Crippen molar-refractivity contribution in [3.8, 4) is 11.6 Å². The lowest BCUT2D eigenvalue weighted by molar-refractivity contribution is -0.275. The van der Waals surface area contributed by atoms with Gasteiger partial charge in [0, 0.05) is 5.56 Å². The molecule has 0 amide bonds. The highest BCUT2D eigenvalue weighted by atomic mass is 35.5. The van der Waals surface area contributed by atoms with E-state index in [2.05, 4.69) is 9.72 Å². The second kappa shape index (κ2) is 6.65. The summed E-state index contributed by atoms with van der Waals surface area (Å²) in [6.07, 6.45) is -4.93. The Hall–Kier alpha value is -1.70. The molecular formula is C11H11ClF3NO4. The molecule has 20 heavy (non-hydrogen) atoms. The molecule has 1 aromatic heterocycles. The van der Waals surface area contributed by atoms with Crippen LogP contribution in [0.4, 0.5) is 13.2 Å². The first-order chi connectivity index (χ1) is 9.32. The number of hydrogen-bond acceptors (Lipinski definition) is 5. The van der Waals surface area contributed by atoms with Gasteiger partial charge in [0.05, 0.1) is 19.6 Å². The fourth-order valence-electron chi connectivity index (χ4n) is 1.33. The lowest BCUT2D eigenvalue weighted by atomic mass is 10.2. The number of halogens is 4. The molecule has 9 heteroatoms. The van der Waals surface area contributed by atoms with Crippen molar-refractivity contribution in [1.29, 1.82) is 0 Å². The van der Waals surface area contributed by atoms with Crippen LogP contribution in [-0.4, -0.2) is 31.0 Å². The standard InChI is InChI=1S/C11H11ClF3NO4/c1-3-19-10(17)7-4-6(5-12)8(9(16-7)18-2)20-11(13,14)15/h4H,3,5H2,1-2H3. The molecule has 0 radical (unpaired) electrons. The zero-order chi connectivity index (χ0) is 15.3. The van der Waals surface area contributed by atoms with Crippen molar-refractivity contribution in [2.24, 2.45) is 0 Å². The number of hydrogen-bond donors (Lipinski definition) is 0. The van der Waals surface area contributed by atoms with E-state index < -0.39 is 24.0 Å². The molecule has 0 aliphatic rings. The number of alkyl halides is 4. The summed E-state index contributed by atoms with van der Waals surface area (Å²) in [7, 11) is 1.10. The van der Waals surface area contributed by atoms with E-state index in [0.717, 1.165) is 13.2 Å². The van der Waals surface area contributed by atoms with Crippen LogP contribution in [-0.2, 0) is 10.6 Å². The topological polar surface area (TPSA) is 57.7 Å². The average Bonchev–Trinajstić information content (AvgIpc) is 2.37. The van der Waals surface area contributed by atoms with Crippen LogP contribution in [0.3, 0.4) is 0 Å². The van der Waals surface area contributed by atoms with E-state index >= 15 is 0 Å². The molecule has 0 fully saturated rings. The molecule has 1 rings (SSSR count). The Morgan fingerprint density at radius 2 is 2.10 bits per heavy atom. The van der Waals surface area contributed by atoms with Crippen LogP contribution in [0.25, 0.3) is 0 Å². The minimum Gasteiger partial charge on any atom is -0.478 e. The summed E-state index contributed by atoms with van der Waals surface area (Å²) in [5, 5.41) is 0. The molecule has 0 saturated carbocycles. The van der Waals surface area contributed by atoms with E-state index in [4.69, 9.17) is 21.1 Å². The number of carbonyl (C=O) groups is 1. The number of aromatic nitrogens is 1. The second-order valence-corrected chi connectivity index (χ2v) is 3.67. The predicted octanol–water partition coefficient (Wildman–Crippen LogP) is 2.90. The monoisotopic (exact) mass is 313 g/mol. The number of nitrogens with zero attached hydrogens (tertiary/aromatic N) is 1. The van der Waals surface area contributed by atoms with Gasteiger partial charge in [0.25, 0.3) is 5.88 Å². The second-order valence-electron chi connectivity index (χ2n) is 3.41. The maximum atomic E-state index is 12.3. The Morgan fingerprint density at radius 1 is 1.45 bits per heavy atom. The number of carbonyl (C=O) groups excluding carboxylic acids is 1. The molecule has 1 aromatic rings. The van der Waals surface area contributed by atoms with Crippen molar-refractivity contribution in [3.05, 3.63) is 17.3 Å². The fraction of sp³-hybridized carbons (Fsp3) is 0.455. The van der Waals surface area contributed by atoms with Gasteiger partial charge in [-0.25, -0.2) is 9.78 Å². The molecule has 0 aromatic carbocycles. The van der Waals surface area contributed by atoms with Gasteiger partial charge in [-0.15, -0.1) is 24.8 Å². The molecule has 0 saturated heterocycles. The van der Waals surface area contributed by atoms with Gasteiger partial charge in [-0.1, -0.05) is 0 Å². The zero-order valence-electron chi connectivity index (χ0n) is 10.6. The minimum absolute atomic E-state index is 0.0844. The molecule has 5 nitrogen and oxygen atoms in total. The van der Waals surface area contributed by atoms with Crippen molar-refractivity contribution in [1.82, 2.24) is 4.98 Å². The van der Waals surface area contributed by atoms with E-state index in [1.165, 1.54) is 0 Å². The third-order valence-electron chi connectivity index (χ3n) is 2.06. The van der Waals surface area contributed by atoms with E-state index in [0.29, 0.717) is 0 Å². The summed E-state index contributed by atoms with van der Waals surface area (Å²) >= 11 is 5.56. The Bertz CT molecular complexity index is 468. The Kier molecular flexibility index (Phi) is 5.43. The smallest absolute Gasteiger partial charge is 0.478 e. The molecule has 0 aliphatic heterocycles. The number of pyridine rings is 1. The number of rotatable bonds is 5. The van der Waals surface area contributed by atoms with Crippen LogP contribution >= 0.6 is 11.6 Å². The summed E-state index contributed by atoms with van der Waals surface area (Å²) in [6, 6.07) is 1.06. The quantitative estimate of drug-likeness (QED) is 0.618. The van der Waals surface area contributed by atoms with E-state index in [1.54, 1.807) is 6.92 Å². The Labute approximate surface area is 117 Å². The van der Waals surface area contributed by atoms with Gasteiger partial charge in [0.2, 0.25) is 0 Å². The molecule has 0 N–H and O–H groups in total. The van der Waals surface area contributed by atoms with Gasteiger partial charge >= 0.3 is 12.3 Å². The number of methoxy groups -OCH3 is 1. The number of esters is 1. The predicted molar refractivity (Wildman–Crippen MR) is 63.0 cm³/mol. The Morgan fingerprint density at radius 3 is 2.55 bits per heavy atom. The maximum Gasteiger partial charge on any atom is 0.573 e.